The van der Waals surface area contributed by atoms with Crippen molar-refractivity contribution in [1.29, 1.82) is 0 Å². The lowest BCUT2D eigenvalue weighted by Gasteiger charge is -2.23. The fourth-order valence-corrected chi connectivity index (χ4v) is 4.33. The standard InChI is InChI=1S/C16H17NO4/c1-7-2-3-11(18)10(4-7)17-15(19)13-8-5-9-12(6-8)21-16(20)14(9)13/h2-4,8-9,12-14,18H,5-6H2,1H3,(H,17,19)/t8-,9+,12-,13-,14+/m1/s1. The number of anilines is 1. The molecule has 1 aromatic carbocycles. The number of amides is 1. The van der Waals surface area contributed by atoms with Gasteiger partial charge in [-0.2, -0.15) is 0 Å². The first-order valence-electron chi connectivity index (χ1n) is 7.35. The van der Waals surface area contributed by atoms with E-state index in [9.17, 15) is 14.7 Å². The van der Waals surface area contributed by atoms with E-state index in [1.165, 1.54) is 0 Å². The smallest absolute Gasteiger partial charge is 0.310 e. The molecule has 5 atom stereocenters. The van der Waals surface area contributed by atoms with Crippen LogP contribution in [0.2, 0.25) is 0 Å². The van der Waals surface area contributed by atoms with E-state index in [2.05, 4.69) is 5.32 Å². The van der Waals surface area contributed by atoms with E-state index in [-0.39, 0.29) is 47.4 Å². The van der Waals surface area contributed by atoms with E-state index >= 15 is 0 Å². The van der Waals surface area contributed by atoms with Crippen molar-refractivity contribution in [3.05, 3.63) is 23.8 Å². The molecule has 5 heteroatoms. The zero-order valence-corrected chi connectivity index (χ0v) is 11.7. The van der Waals surface area contributed by atoms with Gasteiger partial charge in [-0.05, 0) is 43.4 Å². The van der Waals surface area contributed by atoms with E-state index in [0.717, 1.165) is 18.4 Å². The van der Waals surface area contributed by atoms with Gasteiger partial charge < -0.3 is 15.2 Å². The highest BCUT2D eigenvalue weighted by Crippen LogP contribution is 2.57. The average molecular weight is 287 g/mol. The molecule has 21 heavy (non-hydrogen) atoms. The van der Waals surface area contributed by atoms with Crippen LogP contribution in [0.4, 0.5) is 5.69 Å². The topological polar surface area (TPSA) is 75.6 Å². The zero-order valence-electron chi connectivity index (χ0n) is 11.7. The summed E-state index contributed by atoms with van der Waals surface area (Å²) in [5, 5.41) is 12.6. The van der Waals surface area contributed by atoms with Gasteiger partial charge in [0.15, 0.2) is 0 Å². The first-order valence-corrected chi connectivity index (χ1v) is 7.35. The van der Waals surface area contributed by atoms with Crippen molar-refractivity contribution in [1.82, 2.24) is 0 Å². The fraction of sp³-hybridized carbons (Fsp3) is 0.500. The Kier molecular flexibility index (Phi) is 2.55. The molecule has 1 amide bonds. The van der Waals surface area contributed by atoms with E-state index < -0.39 is 0 Å². The number of aryl methyl sites for hydroxylation is 1. The molecule has 1 saturated heterocycles. The molecule has 110 valence electrons. The SMILES string of the molecule is Cc1ccc(O)c(NC(=O)[C@@H]2[C@@H]3C[C@@H]4[C@@H]2C(=O)O[C@@H]4C3)c1. The van der Waals surface area contributed by atoms with Crippen LogP contribution in [0.15, 0.2) is 18.2 Å². The first-order chi connectivity index (χ1) is 10.0. The number of carbonyl (C=O) groups is 2. The maximum absolute atomic E-state index is 12.6. The van der Waals surface area contributed by atoms with Gasteiger partial charge >= 0.3 is 5.97 Å². The van der Waals surface area contributed by atoms with Crippen molar-refractivity contribution in [2.24, 2.45) is 23.7 Å². The van der Waals surface area contributed by atoms with Crippen LogP contribution in [0.3, 0.4) is 0 Å². The van der Waals surface area contributed by atoms with Crippen molar-refractivity contribution >= 4 is 17.6 Å². The number of fused-ring (bicyclic) bond motifs is 1. The second-order valence-corrected chi connectivity index (χ2v) is 6.43. The summed E-state index contributed by atoms with van der Waals surface area (Å²) in [6.45, 7) is 1.89. The van der Waals surface area contributed by atoms with Gasteiger partial charge in [-0.15, -0.1) is 0 Å². The first kappa shape index (κ1) is 12.7. The molecule has 1 heterocycles. The minimum atomic E-state index is -0.318. The highest BCUT2D eigenvalue weighted by molar-refractivity contribution is 5.97. The second kappa shape index (κ2) is 4.23. The molecular formula is C16H17NO4. The van der Waals surface area contributed by atoms with Crippen molar-refractivity contribution in [3.8, 4) is 5.75 Å². The summed E-state index contributed by atoms with van der Waals surface area (Å²) < 4.78 is 5.34. The van der Waals surface area contributed by atoms with Crippen molar-refractivity contribution in [2.45, 2.75) is 25.9 Å². The van der Waals surface area contributed by atoms with Crippen LogP contribution in [-0.2, 0) is 14.3 Å². The minimum Gasteiger partial charge on any atom is -0.506 e. The number of esters is 1. The molecule has 2 N–H and O–H groups in total. The van der Waals surface area contributed by atoms with Gasteiger partial charge in [-0.25, -0.2) is 0 Å². The maximum atomic E-state index is 12.6. The van der Waals surface area contributed by atoms with Gasteiger partial charge in [0, 0.05) is 5.92 Å². The third-order valence-electron chi connectivity index (χ3n) is 5.20. The Morgan fingerprint density at radius 3 is 3.00 bits per heavy atom. The molecule has 0 unspecified atom stereocenters. The number of hydrogen-bond donors (Lipinski definition) is 2. The van der Waals surface area contributed by atoms with Crippen LogP contribution in [0.25, 0.3) is 0 Å². The van der Waals surface area contributed by atoms with Gasteiger partial charge in [-0.3, -0.25) is 9.59 Å². The maximum Gasteiger partial charge on any atom is 0.310 e. The summed E-state index contributed by atoms with van der Waals surface area (Å²) in [5.41, 5.74) is 1.36. The van der Waals surface area contributed by atoms with E-state index in [0.29, 0.717) is 5.69 Å². The number of rotatable bonds is 2. The lowest BCUT2D eigenvalue weighted by Crippen LogP contribution is -2.35. The molecule has 0 radical (unpaired) electrons. The van der Waals surface area contributed by atoms with E-state index in [4.69, 9.17) is 4.74 Å². The molecular weight excluding hydrogens is 270 g/mol. The Bertz CT molecular complexity index is 639. The van der Waals surface area contributed by atoms with Gasteiger partial charge in [-0.1, -0.05) is 6.07 Å². The van der Waals surface area contributed by atoms with Crippen LogP contribution >= 0.6 is 0 Å². The fourth-order valence-electron chi connectivity index (χ4n) is 4.33. The molecule has 3 aliphatic rings. The highest BCUT2D eigenvalue weighted by atomic mass is 16.6. The number of phenolic OH excluding ortho intramolecular Hbond substituents is 1. The summed E-state index contributed by atoms with van der Waals surface area (Å²) in [4.78, 5) is 24.5. The average Bonchev–Trinajstić information content (AvgIpc) is 3.03. The van der Waals surface area contributed by atoms with Crippen LogP contribution in [0, 0.1) is 30.6 Å². The summed E-state index contributed by atoms with van der Waals surface area (Å²) in [7, 11) is 0. The zero-order chi connectivity index (χ0) is 14.7. The number of phenols is 1. The largest absolute Gasteiger partial charge is 0.506 e. The molecule has 1 aromatic rings. The predicted octanol–water partition coefficient (Wildman–Crippen LogP) is 1.84. The molecule has 4 rings (SSSR count). The summed E-state index contributed by atoms with van der Waals surface area (Å²) >= 11 is 0. The molecule has 5 nitrogen and oxygen atoms in total. The van der Waals surface area contributed by atoms with E-state index in [1.807, 2.05) is 6.92 Å². The van der Waals surface area contributed by atoms with Crippen molar-refractivity contribution < 1.29 is 19.4 Å². The highest BCUT2D eigenvalue weighted by Gasteiger charge is 2.63. The molecule has 0 aromatic heterocycles. The third-order valence-corrected chi connectivity index (χ3v) is 5.20. The Labute approximate surface area is 122 Å². The summed E-state index contributed by atoms with van der Waals surface area (Å²) in [6, 6.07) is 5.07. The van der Waals surface area contributed by atoms with Gasteiger partial charge in [0.1, 0.15) is 11.9 Å². The molecule has 2 aliphatic carbocycles. The molecule has 3 fully saturated rings. The van der Waals surface area contributed by atoms with Crippen LogP contribution in [0.5, 0.6) is 5.75 Å². The van der Waals surface area contributed by atoms with Crippen LogP contribution in [0.1, 0.15) is 18.4 Å². The van der Waals surface area contributed by atoms with Crippen molar-refractivity contribution in [3.63, 3.8) is 0 Å². The quantitative estimate of drug-likeness (QED) is 0.643. The Morgan fingerprint density at radius 1 is 1.38 bits per heavy atom. The Hall–Kier alpha value is -2.04. The van der Waals surface area contributed by atoms with Crippen LogP contribution < -0.4 is 5.32 Å². The van der Waals surface area contributed by atoms with Gasteiger partial charge in [0.05, 0.1) is 17.5 Å². The number of benzene rings is 1. The Balaban J connectivity index is 1.58. The molecule has 2 saturated carbocycles. The van der Waals surface area contributed by atoms with Gasteiger partial charge in [0.25, 0.3) is 0 Å². The Morgan fingerprint density at radius 2 is 2.19 bits per heavy atom. The lowest BCUT2D eigenvalue weighted by atomic mass is 9.79. The van der Waals surface area contributed by atoms with Crippen LogP contribution in [-0.4, -0.2) is 23.1 Å². The lowest BCUT2D eigenvalue weighted by molar-refractivity contribution is -0.145. The molecule has 2 bridgehead atoms. The number of ether oxygens (including phenoxy) is 1. The monoisotopic (exact) mass is 287 g/mol. The van der Waals surface area contributed by atoms with Gasteiger partial charge in [0.2, 0.25) is 5.91 Å². The number of aromatic hydroxyl groups is 1. The molecule has 0 spiro atoms. The number of nitrogens with one attached hydrogen (secondary N) is 1. The van der Waals surface area contributed by atoms with E-state index in [1.54, 1.807) is 18.2 Å². The number of carbonyl (C=O) groups excluding carboxylic acids is 2. The minimum absolute atomic E-state index is 0.0314. The third kappa shape index (κ3) is 1.76. The summed E-state index contributed by atoms with van der Waals surface area (Å²) in [6.07, 6.45) is 1.73. The second-order valence-electron chi connectivity index (χ2n) is 6.43. The molecule has 1 aliphatic heterocycles. The summed E-state index contributed by atoms with van der Waals surface area (Å²) in [5.74, 6) is -0.525. The predicted molar refractivity (Wildman–Crippen MR) is 74.5 cm³/mol. The van der Waals surface area contributed by atoms with Crippen molar-refractivity contribution in [2.75, 3.05) is 5.32 Å². The normalized spacial score (nSPS) is 35.9. The number of hydrogen-bond acceptors (Lipinski definition) is 4.